The van der Waals surface area contributed by atoms with Gasteiger partial charge < -0.3 is 20.4 Å². The van der Waals surface area contributed by atoms with Gasteiger partial charge in [0.1, 0.15) is 12.1 Å². The molecule has 146 valence electrons. The molecule has 0 radical (unpaired) electrons. The Bertz CT molecular complexity index is 1050. The lowest BCUT2D eigenvalue weighted by atomic mass is 10.2. The smallest absolute Gasteiger partial charge is 0.252 e. The number of aromatic nitrogens is 2. The van der Waals surface area contributed by atoms with Crippen LogP contribution in [0.25, 0.3) is 10.9 Å². The van der Waals surface area contributed by atoms with Crippen molar-refractivity contribution < 1.29 is 14.0 Å². The summed E-state index contributed by atoms with van der Waals surface area (Å²) < 4.78 is 16.5. The molecule has 0 aliphatic carbocycles. The summed E-state index contributed by atoms with van der Waals surface area (Å²) in [6.07, 6.45) is 2.69. The number of carbonyl (C=O) groups excluding carboxylic acids is 2. The van der Waals surface area contributed by atoms with Crippen molar-refractivity contribution in [2.24, 2.45) is 18.6 Å². The zero-order valence-corrected chi connectivity index (χ0v) is 15.5. The number of pyridine rings is 1. The number of fused-ring (bicyclic) bond motifs is 1. The van der Waals surface area contributed by atoms with Crippen LogP contribution in [0.4, 0.5) is 21.7 Å². The number of nitrogens with two attached hydrogens (primary N) is 2. The summed E-state index contributed by atoms with van der Waals surface area (Å²) >= 11 is 0. The number of hydrogen-bond donors (Lipinski definition) is 3. The summed E-state index contributed by atoms with van der Waals surface area (Å²) in [5, 5.41) is 5.01. The van der Waals surface area contributed by atoms with Crippen molar-refractivity contribution in [3.63, 3.8) is 0 Å². The zero-order valence-electron chi connectivity index (χ0n) is 15.5. The molecule has 0 saturated carbocycles. The fourth-order valence-corrected chi connectivity index (χ4v) is 2.94. The van der Waals surface area contributed by atoms with Crippen LogP contribution in [0.15, 0.2) is 36.5 Å². The van der Waals surface area contributed by atoms with Crippen LogP contribution in [0.2, 0.25) is 0 Å². The Balaban J connectivity index is 2.08. The third-order valence-electron chi connectivity index (χ3n) is 4.56. The fraction of sp³-hybridized carbons (Fsp3) is 0.211. The Morgan fingerprint density at radius 3 is 2.86 bits per heavy atom. The molecule has 0 saturated heterocycles. The summed E-state index contributed by atoms with van der Waals surface area (Å²) in [4.78, 5) is 26.8. The van der Waals surface area contributed by atoms with Crippen LogP contribution < -0.4 is 21.9 Å². The molecule has 1 amide bonds. The van der Waals surface area contributed by atoms with E-state index in [0.29, 0.717) is 12.0 Å². The van der Waals surface area contributed by atoms with Crippen LogP contribution in [0.3, 0.4) is 0 Å². The van der Waals surface area contributed by atoms with E-state index in [1.54, 1.807) is 6.92 Å². The molecular weight excluding hydrogens is 363 g/mol. The van der Waals surface area contributed by atoms with Crippen LogP contribution in [-0.2, 0) is 11.8 Å². The summed E-state index contributed by atoms with van der Waals surface area (Å²) in [5.74, 6) is 4.18. The highest BCUT2D eigenvalue weighted by Gasteiger charge is 2.22. The van der Waals surface area contributed by atoms with Gasteiger partial charge >= 0.3 is 0 Å². The molecule has 1 atom stereocenters. The molecule has 0 unspecified atom stereocenters. The highest BCUT2D eigenvalue weighted by atomic mass is 19.1. The van der Waals surface area contributed by atoms with E-state index in [9.17, 15) is 14.0 Å². The predicted octanol–water partition coefficient (Wildman–Crippen LogP) is 2.21. The van der Waals surface area contributed by atoms with E-state index in [-0.39, 0.29) is 23.6 Å². The maximum atomic E-state index is 14.5. The molecule has 3 rings (SSSR count). The molecule has 0 aliphatic heterocycles. The van der Waals surface area contributed by atoms with Gasteiger partial charge in [0, 0.05) is 36.3 Å². The van der Waals surface area contributed by atoms with Crippen molar-refractivity contribution in [1.29, 1.82) is 0 Å². The molecule has 0 aliphatic rings. The van der Waals surface area contributed by atoms with Crippen LogP contribution in [0.1, 0.15) is 23.7 Å². The normalized spacial score (nSPS) is 12.0. The molecule has 3 aromatic rings. The van der Waals surface area contributed by atoms with Crippen molar-refractivity contribution in [2.45, 2.75) is 19.4 Å². The summed E-state index contributed by atoms with van der Waals surface area (Å²) in [6.45, 7) is 1.66. The average Bonchev–Trinajstić information content (AvgIpc) is 3.04. The second-order valence-electron chi connectivity index (χ2n) is 6.50. The lowest BCUT2D eigenvalue weighted by Gasteiger charge is -2.25. The van der Waals surface area contributed by atoms with Gasteiger partial charge in [0.15, 0.2) is 11.6 Å². The Hall–Kier alpha value is -3.46. The van der Waals surface area contributed by atoms with E-state index in [0.717, 1.165) is 22.0 Å². The van der Waals surface area contributed by atoms with Gasteiger partial charge in [-0.2, -0.15) is 0 Å². The van der Waals surface area contributed by atoms with Crippen molar-refractivity contribution in [2.75, 3.05) is 10.3 Å². The van der Waals surface area contributed by atoms with Crippen LogP contribution >= 0.6 is 0 Å². The number of aryl methyl sites for hydroxylation is 1. The van der Waals surface area contributed by atoms with Crippen molar-refractivity contribution >= 4 is 40.4 Å². The maximum Gasteiger partial charge on any atom is 0.252 e. The molecule has 9 heteroatoms. The minimum atomic E-state index is -0.829. The summed E-state index contributed by atoms with van der Waals surface area (Å²) in [6, 6.07) is 8.03. The largest absolute Gasteiger partial charge is 0.365 e. The first-order chi connectivity index (χ1) is 13.3. The topological polar surface area (TPSA) is 119 Å². The molecule has 0 spiro atoms. The number of nitrogens with one attached hydrogen (secondary N) is 1. The number of nitrogens with zero attached hydrogens (tertiary/aromatic N) is 3. The van der Waals surface area contributed by atoms with E-state index in [4.69, 9.17) is 11.6 Å². The lowest BCUT2D eigenvalue weighted by Crippen LogP contribution is -2.41. The molecule has 2 aromatic heterocycles. The second kappa shape index (κ2) is 7.65. The van der Waals surface area contributed by atoms with Gasteiger partial charge in [-0.05, 0) is 31.2 Å². The van der Waals surface area contributed by atoms with Crippen molar-refractivity contribution in [3.8, 4) is 0 Å². The van der Waals surface area contributed by atoms with Crippen LogP contribution in [-0.4, -0.2) is 27.8 Å². The first-order valence-corrected chi connectivity index (χ1v) is 8.62. The minimum Gasteiger partial charge on any atom is -0.365 e. The molecule has 0 fully saturated rings. The number of carbonyl (C=O) groups is 2. The predicted molar refractivity (Wildman–Crippen MR) is 106 cm³/mol. The Kier molecular flexibility index (Phi) is 5.27. The van der Waals surface area contributed by atoms with Gasteiger partial charge in [0.05, 0.1) is 11.6 Å². The Labute approximate surface area is 160 Å². The molecule has 1 aromatic carbocycles. The molecule has 0 bridgehead atoms. The quantitative estimate of drug-likeness (QED) is 0.326. The van der Waals surface area contributed by atoms with E-state index < -0.39 is 17.8 Å². The molecule has 28 heavy (non-hydrogen) atoms. The highest BCUT2D eigenvalue weighted by molar-refractivity contribution is 6.01. The number of anilines is 3. The molecular formula is C19H21FN6O2. The summed E-state index contributed by atoms with van der Waals surface area (Å²) in [7, 11) is 1.91. The van der Waals surface area contributed by atoms with E-state index in [1.807, 2.05) is 42.1 Å². The zero-order chi connectivity index (χ0) is 20.4. The standard InChI is InChI=1S/C19H21FN6O2/c1-11(7-9-27)26(22)19-14(20)10-13(17(21)28)18(24-19)23-15-4-3-5-16-12(15)6-8-25(16)2/h3-6,8-11H,7,22H2,1-2H3,(H2,21,28)(H,23,24)/t11-/m1/s1. The van der Waals surface area contributed by atoms with Crippen LogP contribution in [0.5, 0.6) is 0 Å². The monoisotopic (exact) mass is 384 g/mol. The van der Waals surface area contributed by atoms with Crippen molar-refractivity contribution in [1.82, 2.24) is 9.55 Å². The van der Waals surface area contributed by atoms with Crippen LogP contribution in [0, 0.1) is 5.82 Å². The van der Waals surface area contributed by atoms with Crippen molar-refractivity contribution in [3.05, 3.63) is 47.9 Å². The lowest BCUT2D eigenvalue weighted by molar-refractivity contribution is -0.108. The number of halogens is 1. The van der Waals surface area contributed by atoms with Gasteiger partial charge in [-0.3, -0.25) is 9.80 Å². The van der Waals surface area contributed by atoms with E-state index >= 15 is 0 Å². The van der Waals surface area contributed by atoms with Gasteiger partial charge in [0.2, 0.25) is 0 Å². The highest BCUT2D eigenvalue weighted by Crippen LogP contribution is 2.30. The summed E-state index contributed by atoms with van der Waals surface area (Å²) in [5.41, 5.74) is 6.94. The number of hydrogen-bond acceptors (Lipinski definition) is 6. The number of benzene rings is 1. The van der Waals surface area contributed by atoms with Gasteiger partial charge in [-0.25, -0.2) is 15.2 Å². The Morgan fingerprint density at radius 1 is 1.43 bits per heavy atom. The van der Waals surface area contributed by atoms with Gasteiger partial charge in [-0.1, -0.05) is 6.07 Å². The van der Waals surface area contributed by atoms with Gasteiger partial charge in [-0.15, -0.1) is 0 Å². The third kappa shape index (κ3) is 3.52. The number of rotatable bonds is 7. The average molecular weight is 384 g/mol. The number of primary amides is 1. The number of aldehydes is 1. The second-order valence-corrected chi connectivity index (χ2v) is 6.50. The maximum absolute atomic E-state index is 14.5. The SMILES string of the molecule is C[C@H](CC=O)N(N)c1nc(Nc2cccc3c2ccn3C)c(C(N)=O)cc1F. The fourth-order valence-electron chi connectivity index (χ4n) is 2.94. The molecule has 8 nitrogen and oxygen atoms in total. The van der Waals surface area contributed by atoms with Gasteiger partial charge in [0.25, 0.3) is 5.91 Å². The third-order valence-corrected chi connectivity index (χ3v) is 4.56. The molecule has 5 N–H and O–H groups in total. The molecule has 2 heterocycles. The Morgan fingerprint density at radius 2 is 2.18 bits per heavy atom. The van der Waals surface area contributed by atoms with E-state index in [1.165, 1.54) is 0 Å². The minimum absolute atomic E-state index is 0.0778. The first kappa shape index (κ1) is 19.3. The first-order valence-electron chi connectivity index (χ1n) is 8.62. The number of hydrazine groups is 1. The van der Waals surface area contributed by atoms with E-state index in [2.05, 4.69) is 10.3 Å². The number of amides is 1.